The first-order valence-corrected chi connectivity index (χ1v) is 8.77. The van der Waals surface area contributed by atoms with Gasteiger partial charge in [-0.1, -0.05) is 42.0 Å². The highest BCUT2D eigenvalue weighted by molar-refractivity contribution is 8.00. The lowest BCUT2D eigenvalue weighted by Crippen LogP contribution is -2.32. The quantitative estimate of drug-likeness (QED) is 0.854. The number of hydrogen-bond donors (Lipinski definition) is 1. The van der Waals surface area contributed by atoms with Crippen LogP contribution in [0.3, 0.4) is 0 Å². The lowest BCUT2D eigenvalue weighted by Gasteiger charge is -2.26. The van der Waals surface area contributed by atoms with Crippen molar-refractivity contribution in [1.29, 1.82) is 0 Å². The molecule has 0 unspecified atom stereocenters. The summed E-state index contributed by atoms with van der Waals surface area (Å²) in [5.74, 6) is 0.592. The van der Waals surface area contributed by atoms with Crippen molar-refractivity contribution in [1.82, 2.24) is 5.32 Å². The first-order valence-electron chi connectivity index (χ1n) is 7.79. The second-order valence-electron chi connectivity index (χ2n) is 5.81. The van der Waals surface area contributed by atoms with Crippen molar-refractivity contribution in [2.24, 2.45) is 0 Å². The van der Waals surface area contributed by atoms with Gasteiger partial charge in [-0.05, 0) is 49.4 Å². The van der Waals surface area contributed by atoms with Gasteiger partial charge in [-0.15, -0.1) is 11.8 Å². The summed E-state index contributed by atoms with van der Waals surface area (Å²) in [7, 11) is 0. The van der Waals surface area contributed by atoms with Crippen molar-refractivity contribution in [2.45, 2.75) is 37.1 Å². The smallest absolute Gasteiger partial charge is 0.230 e. The number of carbonyl (C=O) groups excluding carboxylic acids is 1. The summed E-state index contributed by atoms with van der Waals surface area (Å²) >= 11 is 1.60. The van der Waals surface area contributed by atoms with Gasteiger partial charge in [0, 0.05) is 4.90 Å². The second kappa shape index (κ2) is 7.01. The summed E-state index contributed by atoms with van der Waals surface area (Å²) in [6.07, 6.45) is 3.31. The van der Waals surface area contributed by atoms with Crippen LogP contribution in [0, 0.1) is 6.92 Å². The molecule has 2 aromatic rings. The van der Waals surface area contributed by atoms with Gasteiger partial charge in [-0.3, -0.25) is 4.79 Å². The van der Waals surface area contributed by atoms with E-state index < -0.39 is 0 Å². The molecule has 1 aliphatic rings. The van der Waals surface area contributed by atoms with Gasteiger partial charge < -0.3 is 5.32 Å². The molecule has 0 radical (unpaired) electrons. The molecule has 0 aromatic heterocycles. The standard InChI is InChI=1S/C19H21NOS/c1-14-9-11-16(12-10-14)22-13-19(21)20-18-8-4-6-15-5-2-3-7-17(15)18/h2-3,5,7,9-12,18H,4,6,8,13H2,1H3,(H,20,21)/t18-/m0/s1. The fourth-order valence-corrected chi connectivity index (χ4v) is 3.63. The van der Waals surface area contributed by atoms with Gasteiger partial charge in [0.1, 0.15) is 0 Å². The van der Waals surface area contributed by atoms with Crippen LogP contribution in [0.4, 0.5) is 0 Å². The maximum absolute atomic E-state index is 12.2. The van der Waals surface area contributed by atoms with Crippen LogP contribution in [0.25, 0.3) is 0 Å². The summed E-state index contributed by atoms with van der Waals surface area (Å²) in [5.41, 5.74) is 3.92. The Bertz CT molecular complexity index is 651. The van der Waals surface area contributed by atoms with Gasteiger partial charge in [-0.25, -0.2) is 0 Å². The molecule has 1 N–H and O–H groups in total. The lowest BCUT2D eigenvalue weighted by atomic mass is 9.88. The van der Waals surface area contributed by atoms with Crippen molar-refractivity contribution in [2.75, 3.05) is 5.75 Å². The van der Waals surface area contributed by atoms with Gasteiger partial charge in [0.15, 0.2) is 0 Å². The number of fused-ring (bicyclic) bond motifs is 1. The van der Waals surface area contributed by atoms with Gasteiger partial charge >= 0.3 is 0 Å². The van der Waals surface area contributed by atoms with Crippen LogP contribution in [-0.2, 0) is 11.2 Å². The molecule has 1 amide bonds. The average Bonchev–Trinajstić information content (AvgIpc) is 2.55. The number of benzene rings is 2. The number of thioether (sulfide) groups is 1. The highest BCUT2D eigenvalue weighted by Gasteiger charge is 2.21. The monoisotopic (exact) mass is 311 g/mol. The van der Waals surface area contributed by atoms with Gasteiger partial charge in [0.25, 0.3) is 0 Å². The van der Waals surface area contributed by atoms with Gasteiger partial charge in [-0.2, -0.15) is 0 Å². The summed E-state index contributed by atoms with van der Waals surface area (Å²) in [5, 5.41) is 3.20. The minimum Gasteiger partial charge on any atom is -0.349 e. The zero-order valence-electron chi connectivity index (χ0n) is 12.8. The molecule has 3 heteroatoms. The Kier molecular flexibility index (Phi) is 4.84. The van der Waals surface area contributed by atoms with Crippen LogP contribution in [0.1, 0.15) is 35.6 Å². The first-order chi connectivity index (χ1) is 10.7. The number of rotatable bonds is 4. The Morgan fingerprint density at radius 2 is 1.95 bits per heavy atom. The van der Waals surface area contributed by atoms with E-state index in [1.807, 2.05) is 0 Å². The van der Waals surface area contributed by atoms with Gasteiger partial charge in [0.2, 0.25) is 5.91 Å². The zero-order valence-corrected chi connectivity index (χ0v) is 13.7. The Labute approximate surface area is 136 Å². The molecule has 0 spiro atoms. The SMILES string of the molecule is Cc1ccc(SCC(=O)N[C@H]2CCCc3ccccc32)cc1. The van der Waals surface area contributed by atoms with E-state index in [9.17, 15) is 4.79 Å². The van der Waals surface area contributed by atoms with E-state index in [4.69, 9.17) is 0 Å². The van der Waals surface area contributed by atoms with Crippen molar-refractivity contribution < 1.29 is 4.79 Å². The van der Waals surface area contributed by atoms with Crippen molar-refractivity contribution in [3.05, 3.63) is 65.2 Å². The van der Waals surface area contributed by atoms with E-state index in [0.717, 1.165) is 24.2 Å². The summed E-state index contributed by atoms with van der Waals surface area (Å²) in [4.78, 5) is 13.4. The molecule has 1 atom stereocenters. The van der Waals surface area contributed by atoms with E-state index in [0.29, 0.717) is 5.75 Å². The van der Waals surface area contributed by atoms with Gasteiger partial charge in [0.05, 0.1) is 11.8 Å². The van der Waals surface area contributed by atoms with Crippen LogP contribution in [0.5, 0.6) is 0 Å². The molecule has 22 heavy (non-hydrogen) atoms. The molecule has 0 saturated heterocycles. The largest absolute Gasteiger partial charge is 0.349 e. The molecular weight excluding hydrogens is 290 g/mol. The molecule has 114 valence electrons. The third kappa shape index (κ3) is 3.72. The van der Waals surface area contributed by atoms with Crippen molar-refractivity contribution in [3.8, 4) is 0 Å². The summed E-state index contributed by atoms with van der Waals surface area (Å²) < 4.78 is 0. The predicted molar refractivity (Wildman–Crippen MR) is 92.2 cm³/mol. The molecule has 3 rings (SSSR count). The lowest BCUT2D eigenvalue weighted by molar-refractivity contribution is -0.119. The molecule has 2 aromatic carbocycles. The molecule has 2 nitrogen and oxygen atoms in total. The molecule has 0 saturated carbocycles. The van der Waals surface area contributed by atoms with E-state index in [1.165, 1.54) is 16.7 Å². The van der Waals surface area contributed by atoms with E-state index in [-0.39, 0.29) is 11.9 Å². The number of nitrogens with one attached hydrogen (secondary N) is 1. The normalized spacial score (nSPS) is 16.9. The minimum absolute atomic E-state index is 0.118. The molecular formula is C19H21NOS. The maximum atomic E-state index is 12.2. The average molecular weight is 311 g/mol. The topological polar surface area (TPSA) is 29.1 Å². The Hall–Kier alpha value is -1.74. The summed E-state index contributed by atoms with van der Waals surface area (Å²) in [6, 6.07) is 16.9. The second-order valence-corrected chi connectivity index (χ2v) is 6.86. The fraction of sp³-hybridized carbons (Fsp3) is 0.316. The zero-order chi connectivity index (χ0) is 15.4. The molecule has 0 fully saturated rings. The number of hydrogen-bond acceptors (Lipinski definition) is 2. The Morgan fingerprint density at radius 1 is 1.18 bits per heavy atom. The number of amides is 1. The Morgan fingerprint density at radius 3 is 2.77 bits per heavy atom. The van der Waals surface area contributed by atoms with Crippen LogP contribution in [0.2, 0.25) is 0 Å². The third-order valence-electron chi connectivity index (χ3n) is 4.10. The van der Waals surface area contributed by atoms with Crippen LogP contribution in [0.15, 0.2) is 53.4 Å². The van der Waals surface area contributed by atoms with Crippen molar-refractivity contribution >= 4 is 17.7 Å². The maximum Gasteiger partial charge on any atom is 0.230 e. The molecule has 0 heterocycles. The number of aryl methyl sites for hydroxylation is 2. The molecule has 0 aliphatic heterocycles. The molecule has 0 bridgehead atoms. The van der Waals surface area contributed by atoms with Crippen LogP contribution < -0.4 is 5.32 Å². The minimum atomic E-state index is 0.118. The first kappa shape index (κ1) is 15.2. The highest BCUT2D eigenvalue weighted by Crippen LogP contribution is 2.29. The van der Waals surface area contributed by atoms with E-state index >= 15 is 0 Å². The van der Waals surface area contributed by atoms with Crippen molar-refractivity contribution in [3.63, 3.8) is 0 Å². The van der Waals surface area contributed by atoms with Crippen LogP contribution in [-0.4, -0.2) is 11.7 Å². The Balaban J connectivity index is 1.57. The predicted octanol–water partition coefficient (Wildman–Crippen LogP) is 4.28. The third-order valence-corrected chi connectivity index (χ3v) is 5.11. The van der Waals surface area contributed by atoms with E-state index in [2.05, 4.69) is 60.8 Å². The highest BCUT2D eigenvalue weighted by atomic mass is 32.2. The fourth-order valence-electron chi connectivity index (χ4n) is 2.92. The summed E-state index contributed by atoms with van der Waals surface area (Å²) in [6.45, 7) is 2.07. The molecule has 1 aliphatic carbocycles. The number of carbonyl (C=O) groups is 1. The van der Waals surface area contributed by atoms with Crippen LogP contribution >= 0.6 is 11.8 Å². The van der Waals surface area contributed by atoms with E-state index in [1.54, 1.807) is 11.8 Å².